The van der Waals surface area contributed by atoms with Gasteiger partial charge in [-0.1, -0.05) is 29.3 Å². The van der Waals surface area contributed by atoms with Crippen LogP contribution in [0.3, 0.4) is 0 Å². The minimum Gasteiger partial charge on any atom is -0.484 e. The molecule has 1 rings (SSSR count). The first-order valence-corrected chi connectivity index (χ1v) is 6.04. The van der Waals surface area contributed by atoms with Gasteiger partial charge in [0.25, 0.3) is 0 Å². The van der Waals surface area contributed by atoms with Gasteiger partial charge in [0.1, 0.15) is 23.8 Å². The van der Waals surface area contributed by atoms with Gasteiger partial charge < -0.3 is 9.47 Å². The maximum atomic E-state index is 11.4. The van der Waals surface area contributed by atoms with Gasteiger partial charge in [0.05, 0.1) is 11.6 Å². The van der Waals surface area contributed by atoms with E-state index in [1.807, 2.05) is 0 Å². The van der Waals surface area contributed by atoms with Gasteiger partial charge in [0.2, 0.25) is 0 Å². The molecule has 0 amide bonds. The highest BCUT2D eigenvalue weighted by Crippen LogP contribution is 2.31. The summed E-state index contributed by atoms with van der Waals surface area (Å²) in [5.41, 5.74) is 0. The summed E-state index contributed by atoms with van der Waals surface area (Å²) in [5, 5.41) is 0.579. The average molecular weight is 291 g/mol. The molecule has 0 saturated heterocycles. The highest BCUT2D eigenvalue weighted by atomic mass is 35.5. The lowest BCUT2D eigenvalue weighted by molar-refractivity contribution is -0.145. The van der Waals surface area contributed by atoms with Gasteiger partial charge >= 0.3 is 5.97 Å². The van der Waals surface area contributed by atoms with E-state index in [1.165, 1.54) is 0 Å². The Kier molecular flexibility index (Phi) is 5.95. The van der Waals surface area contributed by atoms with Crippen molar-refractivity contribution in [2.75, 3.05) is 13.2 Å². The lowest BCUT2D eigenvalue weighted by Gasteiger charge is -2.07. The number of benzene rings is 1. The third-order valence-electron chi connectivity index (χ3n) is 1.95. The first kappa shape index (κ1) is 14.8. The van der Waals surface area contributed by atoms with Crippen molar-refractivity contribution in [3.63, 3.8) is 0 Å². The molecule has 4 nitrogen and oxygen atoms in total. The quantitative estimate of drug-likeness (QED) is 0.597. The Morgan fingerprint density at radius 1 is 1.28 bits per heavy atom. The van der Waals surface area contributed by atoms with Crippen LogP contribution >= 0.6 is 23.2 Å². The molecule has 1 aromatic carbocycles. The van der Waals surface area contributed by atoms with Crippen molar-refractivity contribution in [3.05, 3.63) is 28.2 Å². The van der Waals surface area contributed by atoms with E-state index in [0.29, 0.717) is 10.8 Å². The van der Waals surface area contributed by atoms with Gasteiger partial charge in [0, 0.05) is 0 Å². The number of hydrogen-bond donors (Lipinski definition) is 0. The first-order chi connectivity index (χ1) is 8.54. The summed E-state index contributed by atoms with van der Waals surface area (Å²) in [5.74, 6) is -0.644. The number of ketones is 1. The van der Waals surface area contributed by atoms with Crippen LogP contribution in [0.1, 0.15) is 13.3 Å². The number of hydrogen-bond acceptors (Lipinski definition) is 4. The molecule has 0 unspecified atom stereocenters. The van der Waals surface area contributed by atoms with Gasteiger partial charge in [-0.25, -0.2) is 0 Å². The minimum atomic E-state index is -0.566. The molecule has 98 valence electrons. The molecular formula is C12H12Cl2O4. The second kappa shape index (κ2) is 7.24. The number of Topliss-reactive ketones (excluding diaryl/α,β-unsaturated/α-hetero) is 1. The molecule has 0 aliphatic carbocycles. The number of halogens is 2. The Morgan fingerprint density at radius 2 is 2.00 bits per heavy atom. The summed E-state index contributed by atoms with van der Waals surface area (Å²) in [6, 6.07) is 4.85. The summed E-state index contributed by atoms with van der Waals surface area (Å²) >= 11 is 11.7. The van der Waals surface area contributed by atoms with Crippen molar-refractivity contribution < 1.29 is 19.1 Å². The maximum absolute atomic E-state index is 11.4. The third kappa shape index (κ3) is 4.55. The van der Waals surface area contributed by atoms with Crippen LogP contribution in [0.2, 0.25) is 10.0 Å². The summed E-state index contributed by atoms with van der Waals surface area (Å²) < 4.78 is 9.83. The number of rotatable bonds is 6. The molecule has 18 heavy (non-hydrogen) atoms. The highest BCUT2D eigenvalue weighted by molar-refractivity contribution is 6.42. The van der Waals surface area contributed by atoms with E-state index in [2.05, 4.69) is 4.74 Å². The summed E-state index contributed by atoms with van der Waals surface area (Å²) in [6.07, 6.45) is -0.313. The number of carbonyl (C=O) groups excluding carboxylic acids is 2. The Labute approximate surface area is 115 Å². The van der Waals surface area contributed by atoms with Crippen molar-refractivity contribution in [2.24, 2.45) is 0 Å². The van der Waals surface area contributed by atoms with Crippen LogP contribution in [-0.4, -0.2) is 25.0 Å². The molecule has 0 bridgehead atoms. The summed E-state index contributed by atoms with van der Waals surface area (Å²) in [7, 11) is 0. The minimum absolute atomic E-state index is 0.239. The normalized spacial score (nSPS) is 9.94. The standard InChI is InChI=1S/C12H12Cl2O4/c1-2-17-11(16)6-8(15)7-18-10-5-3-4-9(13)12(10)14/h3-5H,2,6-7H2,1H3. The molecule has 0 N–H and O–H groups in total. The van der Waals surface area contributed by atoms with Crippen LogP contribution in [-0.2, 0) is 14.3 Å². The third-order valence-corrected chi connectivity index (χ3v) is 2.75. The fourth-order valence-corrected chi connectivity index (χ4v) is 1.52. The Balaban J connectivity index is 2.48. The molecule has 1 aromatic rings. The zero-order chi connectivity index (χ0) is 13.5. The second-order valence-electron chi connectivity index (χ2n) is 3.36. The molecule has 6 heteroatoms. The van der Waals surface area contributed by atoms with Crippen LogP contribution in [0.15, 0.2) is 18.2 Å². The zero-order valence-electron chi connectivity index (χ0n) is 9.74. The second-order valence-corrected chi connectivity index (χ2v) is 4.15. The summed E-state index contributed by atoms with van der Waals surface area (Å²) in [4.78, 5) is 22.4. The van der Waals surface area contributed by atoms with Crippen LogP contribution < -0.4 is 4.74 Å². The zero-order valence-corrected chi connectivity index (χ0v) is 11.3. The van der Waals surface area contributed by atoms with E-state index >= 15 is 0 Å². The van der Waals surface area contributed by atoms with Crippen molar-refractivity contribution in [1.82, 2.24) is 0 Å². The highest BCUT2D eigenvalue weighted by Gasteiger charge is 2.12. The molecule has 0 heterocycles. The van der Waals surface area contributed by atoms with Crippen LogP contribution in [0.5, 0.6) is 5.75 Å². The largest absolute Gasteiger partial charge is 0.484 e. The molecule has 0 spiro atoms. The maximum Gasteiger partial charge on any atom is 0.313 e. The van der Waals surface area contributed by atoms with Crippen LogP contribution in [0.25, 0.3) is 0 Å². The van der Waals surface area contributed by atoms with E-state index in [4.69, 9.17) is 27.9 Å². The SMILES string of the molecule is CCOC(=O)CC(=O)COc1cccc(Cl)c1Cl. The number of esters is 1. The fourth-order valence-electron chi connectivity index (χ4n) is 1.18. The Bertz CT molecular complexity index is 446. The van der Waals surface area contributed by atoms with E-state index < -0.39 is 5.97 Å². The van der Waals surface area contributed by atoms with Gasteiger partial charge in [-0.2, -0.15) is 0 Å². The smallest absolute Gasteiger partial charge is 0.313 e. The van der Waals surface area contributed by atoms with Crippen LogP contribution in [0.4, 0.5) is 0 Å². The van der Waals surface area contributed by atoms with E-state index in [-0.39, 0.29) is 30.4 Å². The van der Waals surface area contributed by atoms with E-state index in [9.17, 15) is 9.59 Å². The molecule has 0 aromatic heterocycles. The fraction of sp³-hybridized carbons (Fsp3) is 0.333. The topological polar surface area (TPSA) is 52.6 Å². The van der Waals surface area contributed by atoms with E-state index in [0.717, 1.165) is 0 Å². The number of carbonyl (C=O) groups is 2. The predicted octanol–water partition coefficient (Wildman–Crippen LogP) is 2.89. The van der Waals surface area contributed by atoms with Crippen molar-refractivity contribution in [3.8, 4) is 5.75 Å². The van der Waals surface area contributed by atoms with Gasteiger partial charge in [0.15, 0.2) is 5.78 Å². The lowest BCUT2D eigenvalue weighted by atomic mass is 10.3. The monoisotopic (exact) mass is 290 g/mol. The van der Waals surface area contributed by atoms with Crippen molar-refractivity contribution >= 4 is 35.0 Å². The molecule has 0 fully saturated rings. The molecule has 0 atom stereocenters. The molecular weight excluding hydrogens is 279 g/mol. The van der Waals surface area contributed by atoms with Crippen molar-refractivity contribution in [1.29, 1.82) is 0 Å². The summed E-state index contributed by atoms with van der Waals surface area (Å²) in [6.45, 7) is 1.66. The lowest BCUT2D eigenvalue weighted by Crippen LogP contribution is -2.17. The van der Waals surface area contributed by atoms with Gasteiger partial charge in [-0.3, -0.25) is 9.59 Å². The van der Waals surface area contributed by atoms with E-state index in [1.54, 1.807) is 25.1 Å². The van der Waals surface area contributed by atoms with Gasteiger partial charge in [-0.15, -0.1) is 0 Å². The van der Waals surface area contributed by atoms with Crippen LogP contribution in [0, 0.1) is 0 Å². The molecule has 0 aliphatic rings. The Morgan fingerprint density at radius 3 is 2.67 bits per heavy atom. The van der Waals surface area contributed by atoms with Crippen molar-refractivity contribution in [2.45, 2.75) is 13.3 Å². The average Bonchev–Trinajstić information content (AvgIpc) is 2.31. The molecule has 0 aliphatic heterocycles. The number of ether oxygens (including phenoxy) is 2. The molecule has 0 saturated carbocycles. The predicted molar refractivity (Wildman–Crippen MR) is 68.2 cm³/mol. The van der Waals surface area contributed by atoms with Gasteiger partial charge in [-0.05, 0) is 19.1 Å². The Hall–Kier alpha value is -1.26. The first-order valence-electron chi connectivity index (χ1n) is 5.28. The molecule has 0 radical (unpaired) electrons.